The number of benzene rings is 9. The van der Waals surface area contributed by atoms with Gasteiger partial charge in [0.2, 0.25) is 0 Å². The molecule has 10 rings (SSSR count). The lowest BCUT2D eigenvalue weighted by molar-refractivity contribution is 1.19. The number of aromatic nitrogens is 1. The van der Waals surface area contributed by atoms with Crippen molar-refractivity contribution in [3.63, 3.8) is 0 Å². The predicted molar refractivity (Wildman–Crippen MR) is 229 cm³/mol. The fourth-order valence-corrected chi connectivity index (χ4v) is 8.01. The normalized spacial score (nSPS) is 11.3. The molecule has 0 saturated carbocycles. The first-order valence-corrected chi connectivity index (χ1v) is 18.5. The summed E-state index contributed by atoms with van der Waals surface area (Å²) in [6.07, 6.45) is 0. The van der Waals surface area contributed by atoms with Gasteiger partial charge in [-0.1, -0.05) is 158 Å². The van der Waals surface area contributed by atoms with Crippen molar-refractivity contribution in [2.75, 3.05) is 4.90 Å². The summed E-state index contributed by atoms with van der Waals surface area (Å²) in [5.74, 6) is 0. The summed E-state index contributed by atoms with van der Waals surface area (Å²) >= 11 is 0. The minimum absolute atomic E-state index is 1.09. The van der Waals surface area contributed by atoms with Crippen LogP contribution in [0.2, 0.25) is 0 Å². The van der Waals surface area contributed by atoms with E-state index in [-0.39, 0.29) is 0 Å². The van der Waals surface area contributed by atoms with Crippen molar-refractivity contribution in [3.8, 4) is 39.1 Å². The third-order valence-corrected chi connectivity index (χ3v) is 10.5. The van der Waals surface area contributed by atoms with Gasteiger partial charge in [-0.15, -0.1) is 0 Å². The van der Waals surface area contributed by atoms with E-state index in [1.807, 2.05) is 0 Å². The predicted octanol–water partition coefficient (Wildman–Crippen LogP) is 14.4. The van der Waals surface area contributed by atoms with Gasteiger partial charge in [0.05, 0.1) is 11.0 Å². The first-order chi connectivity index (χ1) is 26.8. The Morgan fingerprint density at radius 3 is 1.43 bits per heavy atom. The number of anilines is 3. The highest BCUT2D eigenvalue weighted by atomic mass is 15.1. The van der Waals surface area contributed by atoms with Gasteiger partial charge in [0.1, 0.15) is 0 Å². The number of rotatable bonds is 7. The van der Waals surface area contributed by atoms with Crippen LogP contribution in [0.25, 0.3) is 71.6 Å². The molecule has 2 heteroatoms. The first-order valence-electron chi connectivity index (χ1n) is 18.5. The lowest BCUT2D eigenvalue weighted by atomic mass is 9.96. The minimum atomic E-state index is 1.09. The van der Waals surface area contributed by atoms with Gasteiger partial charge < -0.3 is 9.47 Å². The molecular weight excluding hydrogens is 653 g/mol. The van der Waals surface area contributed by atoms with Gasteiger partial charge in [0.25, 0.3) is 0 Å². The summed E-state index contributed by atoms with van der Waals surface area (Å²) in [5, 5.41) is 4.96. The SMILES string of the molecule is c1ccc(-c2ccc(N(c3cccc(-c4ccccc4)c3)c3cccc(-c4cc(-n5c6ccccc6c6ccccc65)cc5ccccc45)c3)cc2)cc1. The molecule has 0 aliphatic rings. The Hall–Kier alpha value is -7.16. The molecule has 254 valence electrons. The Labute approximate surface area is 315 Å². The zero-order valence-corrected chi connectivity index (χ0v) is 29.7. The van der Waals surface area contributed by atoms with E-state index in [1.54, 1.807) is 0 Å². The number of hydrogen-bond acceptors (Lipinski definition) is 1. The van der Waals surface area contributed by atoms with Crippen LogP contribution in [0.15, 0.2) is 218 Å². The summed E-state index contributed by atoms with van der Waals surface area (Å²) in [5.41, 5.74) is 14.0. The van der Waals surface area contributed by atoms with Crippen LogP contribution in [-0.4, -0.2) is 4.57 Å². The van der Waals surface area contributed by atoms with Crippen LogP contribution >= 0.6 is 0 Å². The molecule has 0 fully saturated rings. The van der Waals surface area contributed by atoms with Gasteiger partial charge in [-0.25, -0.2) is 0 Å². The van der Waals surface area contributed by atoms with Gasteiger partial charge in [-0.05, 0) is 105 Å². The van der Waals surface area contributed by atoms with Crippen molar-refractivity contribution in [1.82, 2.24) is 4.57 Å². The molecular formula is C52H36N2. The average molecular weight is 689 g/mol. The van der Waals surface area contributed by atoms with Crippen molar-refractivity contribution < 1.29 is 0 Å². The third-order valence-electron chi connectivity index (χ3n) is 10.5. The molecule has 1 aromatic heterocycles. The van der Waals surface area contributed by atoms with E-state index in [2.05, 4.69) is 228 Å². The number of para-hydroxylation sites is 2. The molecule has 9 aromatic carbocycles. The third kappa shape index (κ3) is 5.62. The Balaban J connectivity index is 1.15. The molecule has 0 saturated heterocycles. The largest absolute Gasteiger partial charge is 0.310 e. The van der Waals surface area contributed by atoms with E-state index < -0.39 is 0 Å². The summed E-state index contributed by atoms with van der Waals surface area (Å²) in [4.78, 5) is 2.38. The van der Waals surface area contributed by atoms with E-state index in [9.17, 15) is 0 Å². The maximum atomic E-state index is 2.42. The fourth-order valence-electron chi connectivity index (χ4n) is 8.01. The molecule has 2 nitrogen and oxygen atoms in total. The van der Waals surface area contributed by atoms with Crippen molar-refractivity contribution in [2.24, 2.45) is 0 Å². The summed E-state index contributed by atoms with van der Waals surface area (Å²) in [6.45, 7) is 0. The quantitative estimate of drug-likeness (QED) is 0.162. The molecule has 0 spiro atoms. The second-order valence-corrected chi connectivity index (χ2v) is 13.8. The summed E-state index contributed by atoms with van der Waals surface area (Å²) in [6, 6.07) is 78.9. The van der Waals surface area contributed by atoms with E-state index in [0.717, 1.165) is 28.3 Å². The number of nitrogens with zero attached hydrogens (tertiary/aromatic N) is 2. The standard InChI is InChI=1S/C52H36N2/c1-3-15-37(16-4-1)39-29-31-43(32-30-39)53(44-22-13-20-40(33-44)38-17-5-2-6-18-38)45-23-14-21-42(34-45)50-36-46(35-41-19-7-8-24-47(41)50)54-51-27-11-9-25-48(51)49-26-10-12-28-52(49)54/h1-36H. The summed E-state index contributed by atoms with van der Waals surface area (Å²) < 4.78 is 2.42. The zero-order chi connectivity index (χ0) is 35.8. The fraction of sp³-hybridized carbons (Fsp3) is 0. The van der Waals surface area contributed by atoms with Crippen LogP contribution in [0.3, 0.4) is 0 Å². The maximum Gasteiger partial charge on any atom is 0.0541 e. The molecule has 0 aliphatic heterocycles. The topological polar surface area (TPSA) is 8.17 Å². The first kappa shape index (κ1) is 31.6. The molecule has 0 radical (unpaired) electrons. The lowest BCUT2D eigenvalue weighted by Gasteiger charge is -2.27. The van der Waals surface area contributed by atoms with Crippen LogP contribution in [0.4, 0.5) is 17.1 Å². The van der Waals surface area contributed by atoms with Crippen LogP contribution in [-0.2, 0) is 0 Å². The molecule has 54 heavy (non-hydrogen) atoms. The van der Waals surface area contributed by atoms with Gasteiger partial charge in [-0.3, -0.25) is 0 Å². The van der Waals surface area contributed by atoms with Crippen molar-refractivity contribution in [1.29, 1.82) is 0 Å². The van der Waals surface area contributed by atoms with Crippen molar-refractivity contribution >= 4 is 49.6 Å². The Morgan fingerprint density at radius 2 is 0.778 bits per heavy atom. The molecule has 0 amide bonds. The minimum Gasteiger partial charge on any atom is -0.310 e. The van der Waals surface area contributed by atoms with Gasteiger partial charge in [0, 0.05) is 33.5 Å². The monoisotopic (exact) mass is 688 g/mol. The molecule has 0 bridgehead atoms. The van der Waals surface area contributed by atoms with Crippen LogP contribution < -0.4 is 4.90 Å². The number of fused-ring (bicyclic) bond motifs is 4. The smallest absolute Gasteiger partial charge is 0.0541 e. The molecule has 0 unspecified atom stereocenters. The highest BCUT2D eigenvalue weighted by molar-refractivity contribution is 6.10. The van der Waals surface area contributed by atoms with E-state index in [0.29, 0.717) is 0 Å². The van der Waals surface area contributed by atoms with Gasteiger partial charge in [-0.2, -0.15) is 0 Å². The Bertz CT molecular complexity index is 2870. The van der Waals surface area contributed by atoms with Crippen molar-refractivity contribution in [3.05, 3.63) is 218 Å². The van der Waals surface area contributed by atoms with Crippen LogP contribution in [0.5, 0.6) is 0 Å². The van der Waals surface area contributed by atoms with Crippen molar-refractivity contribution in [2.45, 2.75) is 0 Å². The Morgan fingerprint density at radius 1 is 0.296 bits per heavy atom. The zero-order valence-electron chi connectivity index (χ0n) is 29.7. The highest BCUT2D eigenvalue weighted by Crippen LogP contribution is 2.41. The number of hydrogen-bond donors (Lipinski definition) is 0. The Kier molecular flexibility index (Phi) is 7.85. The molecule has 10 aromatic rings. The average Bonchev–Trinajstić information content (AvgIpc) is 3.59. The van der Waals surface area contributed by atoms with E-state index >= 15 is 0 Å². The summed E-state index contributed by atoms with van der Waals surface area (Å²) in [7, 11) is 0. The van der Waals surface area contributed by atoms with E-state index in [1.165, 1.54) is 60.4 Å². The molecule has 0 N–H and O–H groups in total. The second-order valence-electron chi connectivity index (χ2n) is 13.8. The highest BCUT2D eigenvalue weighted by Gasteiger charge is 2.18. The molecule has 0 aliphatic carbocycles. The van der Waals surface area contributed by atoms with Gasteiger partial charge >= 0.3 is 0 Å². The second kappa shape index (κ2) is 13.4. The maximum absolute atomic E-state index is 2.42. The molecule has 1 heterocycles. The van der Waals surface area contributed by atoms with Gasteiger partial charge in [0.15, 0.2) is 0 Å². The lowest BCUT2D eigenvalue weighted by Crippen LogP contribution is -2.10. The van der Waals surface area contributed by atoms with Crippen LogP contribution in [0, 0.1) is 0 Å². The van der Waals surface area contributed by atoms with E-state index in [4.69, 9.17) is 0 Å². The van der Waals surface area contributed by atoms with Crippen LogP contribution in [0.1, 0.15) is 0 Å². The molecule has 0 atom stereocenters.